The number of hydrogen-bond acceptors (Lipinski definition) is 0. The highest BCUT2D eigenvalue weighted by molar-refractivity contribution is 6.68. The molecule has 0 heterocycles. The topological polar surface area (TPSA) is 0 Å². The van der Waals surface area contributed by atoms with Crippen molar-refractivity contribution >= 4 is 14.1 Å². The highest BCUT2D eigenvalue weighted by Gasteiger charge is 2.48. The van der Waals surface area contributed by atoms with E-state index in [2.05, 4.69) is 62.3 Å². The molecule has 0 aliphatic rings. The van der Waals surface area contributed by atoms with Crippen LogP contribution in [0.15, 0.2) is 0 Å². The van der Waals surface area contributed by atoms with E-state index in [4.69, 9.17) is 0 Å². The van der Waals surface area contributed by atoms with E-state index < -0.39 is 14.1 Å². The van der Waals surface area contributed by atoms with Gasteiger partial charge in [0.25, 0.3) is 14.1 Å². The van der Waals surface area contributed by atoms with Gasteiger partial charge < -0.3 is 0 Å². The van der Waals surface area contributed by atoms with Gasteiger partial charge in [0.2, 0.25) is 0 Å². The predicted molar refractivity (Wildman–Crippen MR) is 67.0 cm³/mol. The quantitative estimate of drug-likeness (QED) is 0.476. The van der Waals surface area contributed by atoms with Gasteiger partial charge in [-0.25, -0.2) is 0 Å². The van der Waals surface area contributed by atoms with Gasteiger partial charge in [-0.15, -0.1) is 0 Å². The summed E-state index contributed by atoms with van der Waals surface area (Å²) in [5, 5.41) is 0. The smallest absolute Gasteiger partial charge is 0.0779 e. The summed E-state index contributed by atoms with van der Waals surface area (Å²) in [4.78, 5) is 0. The summed E-state index contributed by atoms with van der Waals surface area (Å²) in [5.74, 6) is 0. The Kier molecular flexibility index (Phi) is 3.74. The van der Waals surface area contributed by atoms with E-state index in [9.17, 15) is 0 Å². The predicted octanol–water partition coefficient (Wildman–Crippen LogP) is 5.13. The third kappa shape index (κ3) is 4.05. The molecule has 0 saturated carbocycles. The van der Waals surface area contributed by atoms with Crippen LogP contribution in [0.2, 0.25) is 12.8 Å². The first-order valence-electron chi connectivity index (χ1n) is 5.37. The van der Waals surface area contributed by atoms with Gasteiger partial charge in [0.05, 0.1) is 0 Å². The Balaban J connectivity index is 0. The van der Waals surface area contributed by atoms with Crippen molar-refractivity contribution in [3.8, 4) is 0 Å². The van der Waals surface area contributed by atoms with Crippen molar-refractivity contribution in [3.05, 3.63) is 0 Å². The van der Waals surface area contributed by atoms with Crippen molar-refractivity contribution in [1.29, 1.82) is 0 Å². The van der Waals surface area contributed by atoms with E-state index in [1.807, 2.05) is 0 Å². The summed E-state index contributed by atoms with van der Waals surface area (Å²) >= 11 is -0.799. The second kappa shape index (κ2) is 3.59. The van der Waals surface area contributed by atoms with Crippen molar-refractivity contribution in [3.63, 3.8) is 0 Å². The number of rotatable bonds is 0. The van der Waals surface area contributed by atoms with E-state index in [0.29, 0.717) is 12.8 Å². The second-order valence-electron chi connectivity index (χ2n) is 7.53. The third-order valence-electron chi connectivity index (χ3n) is 2.60. The average molecular weight is 200 g/mol. The summed E-state index contributed by atoms with van der Waals surface area (Å²) in [7, 11) is 0. The van der Waals surface area contributed by atoms with Crippen LogP contribution in [0.4, 0.5) is 0 Å². The molecule has 0 atom stereocenters. The molecule has 0 fully saturated rings. The molecular formula is C12H29Al. The first kappa shape index (κ1) is 13.5. The molecule has 0 aromatic rings. The summed E-state index contributed by atoms with van der Waals surface area (Å²) < 4.78 is 1.57. The molecule has 0 spiro atoms. The van der Waals surface area contributed by atoms with Crippen LogP contribution in [0.3, 0.4) is 0 Å². The van der Waals surface area contributed by atoms with Gasteiger partial charge in [0, 0.05) is 1.43 Å². The standard InChI is InChI=1S/3C4H9.Al.H2/c3*1-4(2)3;;/h3*1-3H3;;1H. The molecule has 0 radical (unpaired) electrons. The molecule has 0 aromatic carbocycles. The highest BCUT2D eigenvalue weighted by Crippen LogP contribution is 2.52. The van der Waals surface area contributed by atoms with Crippen LogP contribution in [0.1, 0.15) is 63.7 Å². The summed E-state index contributed by atoms with van der Waals surface area (Å²) in [5.41, 5.74) is 0. The lowest BCUT2D eigenvalue weighted by Gasteiger charge is -2.44. The van der Waals surface area contributed by atoms with Crippen LogP contribution in [0.5, 0.6) is 0 Å². The fourth-order valence-corrected chi connectivity index (χ4v) is 11.7. The van der Waals surface area contributed by atoms with Crippen molar-refractivity contribution in [2.24, 2.45) is 0 Å². The molecule has 0 rings (SSSR count). The number of hydrogen-bond donors (Lipinski definition) is 0. The lowest BCUT2D eigenvalue weighted by molar-refractivity contribution is 0.568. The molecule has 13 heavy (non-hydrogen) atoms. The molecular weight excluding hydrogens is 171 g/mol. The van der Waals surface area contributed by atoms with E-state index in [-0.39, 0.29) is 1.43 Å². The maximum atomic E-state index is 2.42. The molecule has 80 valence electrons. The molecule has 0 N–H and O–H groups in total. The zero-order chi connectivity index (χ0) is 11.1. The Hall–Kier alpha value is 0.532. The normalized spacial score (nSPS) is 14.5. The highest BCUT2D eigenvalue weighted by atomic mass is 27.2. The van der Waals surface area contributed by atoms with Crippen molar-refractivity contribution in [2.45, 2.75) is 75.1 Å². The molecule has 0 aliphatic heterocycles. The van der Waals surface area contributed by atoms with Gasteiger partial charge in [-0.1, -0.05) is 75.1 Å². The van der Waals surface area contributed by atoms with Gasteiger partial charge in [0.1, 0.15) is 0 Å². The van der Waals surface area contributed by atoms with Gasteiger partial charge in [-0.05, 0) is 0 Å². The molecule has 0 aromatic heterocycles. The Morgan fingerprint density at radius 3 is 0.692 bits per heavy atom. The zero-order valence-corrected chi connectivity index (χ0v) is 12.2. The van der Waals surface area contributed by atoms with Crippen LogP contribution in [-0.4, -0.2) is 14.1 Å². The van der Waals surface area contributed by atoms with E-state index >= 15 is 0 Å². The molecule has 0 bridgehead atoms. The monoisotopic (exact) mass is 200 g/mol. The molecule has 0 aliphatic carbocycles. The van der Waals surface area contributed by atoms with Crippen molar-refractivity contribution < 1.29 is 1.43 Å². The summed E-state index contributed by atoms with van der Waals surface area (Å²) in [6.07, 6.45) is 0. The fraction of sp³-hybridized carbons (Fsp3) is 1.00. The van der Waals surface area contributed by atoms with E-state index in [1.54, 1.807) is 0 Å². The fourth-order valence-electron chi connectivity index (χ4n) is 3.90. The molecule has 0 unspecified atom stereocenters. The summed E-state index contributed by atoms with van der Waals surface area (Å²) in [6.45, 7) is 21.8. The van der Waals surface area contributed by atoms with Crippen LogP contribution < -0.4 is 0 Å². The van der Waals surface area contributed by atoms with Gasteiger partial charge in [0.15, 0.2) is 0 Å². The van der Waals surface area contributed by atoms with Gasteiger partial charge in [-0.2, -0.15) is 0 Å². The Labute approximate surface area is 91.0 Å². The minimum atomic E-state index is -0.799. The first-order valence-corrected chi connectivity index (χ1v) is 7.10. The molecule has 1 heteroatoms. The molecule has 0 saturated heterocycles. The van der Waals surface area contributed by atoms with Crippen LogP contribution in [-0.2, 0) is 0 Å². The maximum absolute atomic E-state index is 2.42. The van der Waals surface area contributed by atoms with Crippen molar-refractivity contribution in [1.82, 2.24) is 0 Å². The Morgan fingerprint density at radius 1 is 0.538 bits per heavy atom. The van der Waals surface area contributed by atoms with Gasteiger partial charge in [-0.3, -0.25) is 0 Å². The third-order valence-corrected chi connectivity index (χ3v) is 7.79. The minimum absolute atomic E-state index is 0. The lowest BCUT2D eigenvalue weighted by Crippen LogP contribution is -2.42. The van der Waals surface area contributed by atoms with Crippen LogP contribution >= 0.6 is 0 Å². The summed E-state index contributed by atoms with van der Waals surface area (Å²) in [6, 6.07) is 0. The largest absolute Gasteiger partial charge is 0.279 e. The lowest BCUT2D eigenvalue weighted by atomic mass is 10.2. The van der Waals surface area contributed by atoms with Crippen LogP contribution in [0.25, 0.3) is 0 Å². The van der Waals surface area contributed by atoms with Gasteiger partial charge >= 0.3 is 0 Å². The SMILES string of the molecule is C[C](C)(C)[Al]([C](C)(C)C)[C](C)(C)C.[HH]. The Bertz CT molecular complexity index is 133. The minimum Gasteiger partial charge on any atom is -0.0779 e. The van der Waals surface area contributed by atoms with Crippen LogP contribution in [0, 0.1) is 0 Å². The zero-order valence-electron chi connectivity index (χ0n) is 11.1. The molecule has 0 amide bonds. The van der Waals surface area contributed by atoms with E-state index in [1.165, 1.54) is 0 Å². The Morgan fingerprint density at radius 2 is 0.692 bits per heavy atom. The van der Waals surface area contributed by atoms with E-state index in [0.717, 1.165) is 0 Å². The average Bonchev–Trinajstić information content (AvgIpc) is 1.44. The second-order valence-corrected chi connectivity index (χ2v) is 13.6. The maximum Gasteiger partial charge on any atom is 0.279 e. The molecule has 0 nitrogen and oxygen atoms in total. The first-order chi connectivity index (χ1) is 5.37. The van der Waals surface area contributed by atoms with Crippen molar-refractivity contribution in [2.75, 3.05) is 0 Å².